The lowest BCUT2D eigenvalue weighted by molar-refractivity contribution is 0.0696. The van der Waals surface area contributed by atoms with Gasteiger partial charge >= 0.3 is 5.97 Å². The van der Waals surface area contributed by atoms with Crippen LogP contribution in [0.5, 0.6) is 5.75 Å². The Bertz CT molecular complexity index is 692. The van der Waals surface area contributed by atoms with Gasteiger partial charge in [-0.15, -0.1) is 0 Å². The molecule has 0 bridgehead atoms. The van der Waals surface area contributed by atoms with Gasteiger partial charge in [-0.3, -0.25) is 0 Å². The number of hydrogen-bond acceptors (Lipinski definition) is 3. The van der Waals surface area contributed by atoms with E-state index in [0.29, 0.717) is 11.3 Å². The van der Waals surface area contributed by atoms with Crippen LogP contribution in [0.25, 0.3) is 0 Å². The number of ether oxygens (including phenoxy) is 1. The summed E-state index contributed by atoms with van der Waals surface area (Å²) in [5.74, 6) is -0.510. The molecule has 0 aliphatic rings. The second-order valence-electron chi connectivity index (χ2n) is 4.05. The Hall–Kier alpha value is -2.32. The average Bonchev–Trinajstić information content (AvgIpc) is 2.46. The Morgan fingerprint density at radius 1 is 1.30 bits per heavy atom. The second kappa shape index (κ2) is 6.22. The smallest absolute Gasteiger partial charge is 0.335 e. The van der Waals surface area contributed by atoms with Crippen LogP contribution in [-0.2, 0) is 6.61 Å². The third-order valence-electron chi connectivity index (χ3n) is 2.63. The monoisotopic (exact) mass is 331 g/mol. The van der Waals surface area contributed by atoms with Crippen molar-refractivity contribution in [2.24, 2.45) is 0 Å². The molecule has 0 saturated heterocycles. The van der Waals surface area contributed by atoms with Crippen LogP contribution in [0.2, 0.25) is 0 Å². The number of carboxylic acid groups (broad SMARTS) is 1. The third-order valence-corrected chi connectivity index (χ3v) is 3.12. The molecule has 0 amide bonds. The van der Waals surface area contributed by atoms with Gasteiger partial charge in [0.2, 0.25) is 0 Å². The molecule has 0 unspecified atom stereocenters. The highest BCUT2D eigenvalue weighted by atomic mass is 79.9. The van der Waals surface area contributed by atoms with Gasteiger partial charge in [0.1, 0.15) is 18.4 Å². The van der Waals surface area contributed by atoms with Gasteiger partial charge in [-0.25, -0.2) is 4.79 Å². The van der Waals surface area contributed by atoms with Crippen LogP contribution in [0.3, 0.4) is 0 Å². The third kappa shape index (κ3) is 3.37. The van der Waals surface area contributed by atoms with E-state index in [-0.39, 0.29) is 12.2 Å². The van der Waals surface area contributed by atoms with E-state index in [1.807, 2.05) is 0 Å². The minimum atomic E-state index is -0.979. The first-order chi connectivity index (χ1) is 9.60. The van der Waals surface area contributed by atoms with Crippen molar-refractivity contribution in [3.63, 3.8) is 0 Å². The molecule has 2 aromatic rings. The average molecular weight is 332 g/mol. The van der Waals surface area contributed by atoms with Crippen molar-refractivity contribution in [1.29, 1.82) is 5.26 Å². The first-order valence-electron chi connectivity index (χ1n) is 5.75. The lowest BCUT2D eigenvalue weighted by Gasteiger charge is -2.08. The fourth-order valence-electron chi connectivity index (χ4n) is 1.67. The maximum Gasteiger partial charge on any atom is 0.335 e. The number of carbonyl (C=O) groups is 1. The van der Waals surface area contributed by atoms with Gasteiger partial charge in [0, 0.05) is 4.47 Å². The summed E-state index contributed by atoms with van der Waals surface area (Å²) in [5, 5.41) is 17.9. The largest absolute Gasteiger partial charge is 0.488 e. The lowest BCUT2D eigenvalue weighted by Crippen LogP contribution is -2.01. The molecule has 0 fully saturated rings. The van der Waals surface area contributed by atoms with E-state index >= 15 is 0 Å². The normalized spacial score (nSPS) is 9.80. The highest BCUT2D eigenvalue weighted by Crippen LogP contribution is 2.23. The highest BCUT2D eigenvalue weighted by Gasteiger charge is 2.06. The van der Waals surface area contributed by atoms with Gasteiger partial charge in [-0.1, -0.05) is 28.1 Å². The predicted molar refractivity (Wildman–Crippen MR) is 76.6 cm³/mol. The summed E-state index contributed by atoms with van der Waals surface area (Å²) < 4.78 is 6.37. The van der Waals surface area contributed by atoms with E-state index in [0.717, 1.165) is 10.0 Å². The number of benzene rings is 2. The van der Waals surface area contributed by atoms with Crippen molar-refractivity contribution < 1.29 is 14.6 Å². The molecule has 2 aromatic carbocycles. The van der Waals surface area contributed by atoms with Crippen LogP contribution in [-0.4, -0.2) is 11.1 Å². The summed E-state index contributed by atoms with van der Waals surface area (Å²) in [6.45, 7) is 0.206. The van der Waals surface area contributed by atoms with E-state index in [1.54, 1.807) is 36.4 Å². The molecule has 0 aromatic heterocycles. The van der Waals surface area contributed by atoms with E-state index < -0.39 is 5.97 Å². The van der Waals surface area contributed by atoms with Crippen LogP contribution in [0, 0.1) is 11.3 Å². The SMILES string of the molecule is N#Cc1cc(Br)ccc1OCc1cccc(C(=O)O)c1. The molecule has 100 valence electrons. The zero-order chi connectivity index (χ0) is 14.5. The molecule has 2 rings (SSSR count). The lowest BCUT2D eigenvalue weighted by atomic mass is 10.1. The summed E-state index contributed by atoms with van der Waals surface area (Å²) in [4.78, 5) is 10.9. The fourth-order valence-corrected chi connectivity index (χ4v) is 2.03. The Kier molecular flexibility index (Phi) is 4.38. The van der Waals surface area contributed by atoms with Crippen LogP contribution in [0.15, 0.2) is 46.9 Å². The molecule has 0 aliphatic carbocycles. The van der Waals surface area contributed by atoms with Crippen molar-refractivity contribution in [1.82, 2.24) is 0 Å². The number of carboxylic acids is 1. The molecular weight excluding hydrogens is 322 g/mol. The second-order valence-corrected chi connectivity index (χ2v) is 4.96. The fraction of sp³-hybridized carbons (Fsp3) is 0.0667. The first kappa shape index (κ1) is 14.1. The van der Waals surface area contributed by atoms with Crippen molar-refractivity contribution in [3.05, 3.63) is 63.6 Å². The maximum atomic E-state index is 10.9. The Balaban J connectivity index is 2.15. The van der Waals surface area contributed by atoms with E-state index in [2.05, 4.69) is 22.0 Å². The first-order valence-corrected chi connectivity index (χ1v) is 6.54. The van der Waals surface area contributed by atoms with Gasteiger partial charge in [0.05, 0.1) is 11.1 Å². The molecule has 0 saturated carbocycles. The zero-order valence-corrected chi connectivity index (χ0v) is 11.9. The van der Waals surface area contributed by atoms with E-state index in [1.165, 1.54) is 6.07 Å². The van der Waals surface area contributed by atoms with Gasteiger partial charge in [0.25, 0.3) is 0 Å². The van der Waals surface area contributed by atoms with E-state index in [4.69, 9.17) is 15.1 Å². The van der Waals surface area contributed by atoms with Gasteiger partial charge in [-0.2, -0.15) is 5.26 Å². The molecule has 0 heterocycles. The Morgan fingerprint density at radius 2 is 2.10 bits per heavy atom. The Morgan fingerprint density at radius 3 is 2.80 bits per heavy atom. The number of halogens is 1. The van der Waals surface area contributed by atoms with Gasteiger partial charge in [-0.05, 0) is 35.9 Å². The minimum Gasteiger partial charge on any atom is -0.488 e. The van der Waals surface area contributed by atoms with Crippen LogP contribution < -0.4 is 4.74 Å². The maximum absolute atomic E-state index is 10.9. The molecule has 0 atom stereocenters. The number of nitrogens with zero attached hydrogens (tertiary/aromatic N) is 1. The van der Waals surface area contributed by atoms with E-state index in [9.17, 15) is 4.79 Å². The van der Waals surface area contributed by atoms with Crippen LogP contribution in [0.4, 0.5) is 0 Å². The predicted octanol–water partition coefficient (Wildman–Crippen LogP) is 3.60. The number of nitriles is 1. The molecule has 4 nitrogen and oxygen atoms in total. The number of aromatic carboxylic acids is 1. The zero-order valence-electron chi connectivity index (χ0n) is 10.3. The van der Waals surface area contributed by atoms with Crippen LogP contribution >= 0.6 is 15.9 Å². The Labute approximate surface area is 124 Å². The molecular formula is C15H10BrNO3. The van der Waals surface area contributed by atoms with Crippen molar-refractivity contribution >= 4 is 21.9 Å². The molecule has 20 heavy (non-hydrogen) atoms. The summed E-state index contributed by atoms with van der Waals surface area (Å²) in [7, 11) is 0. The van der Waals surface area contributed by atoms with Crippen molar-refractivity contribution in [3.8, 4) is 11.8 Å². The summed E-state index contributed by atoms with van der Waals surface area (Å²) in [5.41, 5.74) is 1.37. The topological polar surface area (TPSA) is 70.3 Å². The summed E-state index contributed by atoms with van der Waals surface area (Å²) in [6.07, 6.45) is 0. The van der Waals surface area contributed by atoms with Crippen molar-refractivity contribution in [2.75, 3.05) is 0 Å². The number of rotatable bonds is 4. The quantitative estimate of drug-likeness (QED) is 0.929. The molecule has 0 radical (unpaired) electrons. The van der Waals surface area contributed by atoms with Crippen molar-refractivity contribution in [2.45, 2.75) is 6.61 Å². The highest BCUT2D eigenvalue weighted by molar-refractivity contribution is 9.10. The summed E-state index contributed by atoms with van der Waals surface area (Å²) >= 11 is 3.29. The molecule has 0 aliphatic heterocycles. The summed E-state index contributed by atoms with van der Waals surface area (Å²) in [6, 6.07) is 13.7. The molecule has 1 N–H and O–H groups in total. The molecule has 0 spiro atoms. The standard InChI is InChI=1S/C15H10BrNO3/c16-13-4-5-14(12(7-13)8-17)20-9-10-2-1-3-11(6-10)15(18)19/h1-7H,9H2,(H,18,19). The molecule has 5 heteroatoms. The number of hydrogen-bond donors (Lipinski definition) is 1. The van der Waals surface area contributed by atoms with Crippen LogP contribution in [0.1, 0.15) is 21.5 Å². The minimum absolute atomic E-state index is 0.206. The van der Waals surface area contributed by atoms with Gasteiger partial charge in [0.15, 0.2) is 0 Å². The van der Waals surface area contributed by atoms with Gasteiger partial charge < -0.3 is 9.84 Å².